The lowest BCUT2D eigenvalue weighted by Gasteiger charge is -2.42. The summed E-state index contributed by atoms with van der Waals surface area (Å²) in [5, 5.41) is 2.93. The van der Waals surface area contributed by atoms with E-state index in [1.807, 2.05) is 6.07 Å². The highest BCUT2D eigenvalue weighted by Crippen LogP contribution is 2.24. The minimum atomic E-state index is 0.00410. The molecule has 0 radical (unpaired) electrons. The van der Waals surface area contributed by atoms with Gasteiger partial charge in [-0.05, 0) is 55.0 Å². The van der Waals surface area contributed by atoms with Gasteiger partial charge in [0.05, 0.1) is 12.2 Å². The molecular weight excluding hydrogens is 332 g/mol. The molecule has 1 aliphatic rings. The van der Waals surface area contributed by atoms with E-state index in [9.17, 15) is 4.79 Å². The average molecular weight is 355 g/mol. The van der Waals surface area contributed by atoms with Gasteiger partial charge >= 0.3 is 0 Å². The molecule has 3 N–H and O–H groups in total. The van der Waals surface area contributed by atoms with Crippen LogP contribution >= 0.6 is 15.9 Å². The summed E-state index contributed by atoms with van der Waals surface area (Å²) in [6.07, 6.45) is 0. The van der Waals surface area contributed by atoms with Crippen LogP contribution in [0, 0.1) is 0 Å². The summed E-state index contributed by atoms with van der Waals surface area (Å²) in [6, 6.07) is 6.30. The van der Waals surface area contributed by atoms with Crippen LogP contribution in [0.1, 0.15) is 13.8 Å². The lowest BCUT2D eigenvalue weighted by Crippen LogP contribution is -2.56. The Hall–Kier alpha value is -1.11. The number of nitrogens with zero attached hydrogens (tertiary/aromatic N) is 2. The van der Waals surface area contributed by atoms with Gasteiger partial charge in [0.15, 0.2) is 0 Å². The molecule has 1 amide bonds. The summed E-state index contributed by atoms with van der Waals surface area (Å²) in [5.74, 6) is 0.00410. The molecule has 0 aromatic heterocycles. The monoisotopic (exact) mass is 354 g/mol. The molecule has 2 unspecified atom stereocenters. The third-order valence-corrected chi connectivity index (χ3v) is 4.73. The van der Waals surface area contributed by atoms with E-state index in [1.165, 1.54) is 0 Å². The average Bonchev–Trinajstić information content (AvgIpc) is 2.39. The Balaban J connectivity index is 1.93. The SMILES string of the molecule is CC1CN(CC(=O)Nc2ccc(N)cc2Br)CC(C)N1C. The fourth-order valence-electron chi connectivity index (χ4n) is 2.67. The zero-order valence-electron chi connectivity index (χ0n) is 12.8. The molecule has 0 aliphatic carbocycles. The third-order valence-electron chi connectivity index (χ3n) is 4.07. The first-order chi connectivity index (χ1) is 9.86. The van der Waals surface area contributed by atoms with Crippen molar-refractivity contribution in [3.63, 3.8) is 0 Å². The Morgan fingerprint density at radius 1 is 1.38 bits per heavy atom. The summed E-state index contributed by atoms with van der Waals surface area (Å²) >= 11 is 3.41. The maximum Gasteiger partial charge on any atom is 0.238 e. The number of anilines is 2. The Morgan fingerprint density at radius 3 is 2.57 bits per heavy atom. The van der Waals surface area contributed by atoms with Crippen molar-refractivity contribution < 1.29 is 4.79 Å². The molecule has 0 saturated carbocycles. The molecule has 1 fully saturated rings. The number of hydrogen-bond donors (Lipinski definition) is 2. The van der Waals surface area contributed by atoms with Crippen LogP contribution in [0.4, 0.5) is 11.4 Å². The van der Waals surface area contributed by atoms with E-state index in [1.54, 1.807) is 12.1 Å². The minimum Gasteiger partial charge on any atom is -0.399 e. The maximum absolute atomic E-state index is 12.2. The number of benzene rings is 1. The molecule has 5 nitrogen and oxygen atoms in total. The van der Waals surface area contributed by atoms with E-state index in [2.05, 4.69) is 51.9 Å². The Morgan fingerprint density at radius 2 is 2.00 bits per heavy atom. The van der Waals surface area contributed by atoms with Crippen LogP contribution in [0.15, 0.2) is 22.7 Å². The first kappa shape index (κ1) is 16.3. The van der Waals surface area contributed by atoms with Crippen molar-refractivity contribution in [3.8, 4) is 0 Å². The largest absolute Gasteiger partial charge is 0.399 e. The van der Waals surface area contributed by atoms with Crippen LogP contribution in [0.2, 0.25) is 0 Å². The van der Waals surface area contributed by atoms with Crippen LogP contribution in [0.5, 0.6) is 0 Å². The number of nitrogens with two attached hydrogens (primary N) is 1. The highest BCUT2D eigenvalue weighted by Gasteiger charge is 2.27. The lowest BCUT2D eigenvalue weighted by atomic mass is 10.1. The summed E-state index contributed by atoms with van der Waals surface area (Å²) in [6.45, 7) is 6.63. The van der Waals surface area contributed by atoms with Crippen molar-refractivity contribution in [2.75, 3.05) is 37.7 Å². The summed E-state index contributed by atoms with van der Waals surface area (Å²) in [5.41, 5.74) is 7.12. The number of carbonyl (C=O) groups excluding carboxylic acids is 1. The predicted octanol–water partition coefficient (Wildman–Crippen LogP) is 1.99. The normalized spacial score (nSPS) is 24.0. The van der Waals surface area contributed by atoms with Gasteiger partial charge in [-0.1, -0.05) is 0 Å². The van der Waals surface area contributed by atoms with E-state index >= 15 is 0 Å². The molecule has 6 heteroatoms. The first-order valence-electron chi connectivity index (χ1n) is 7.16. The Labute approximate surface area is 134 Å². The molecule has 1 aliphatic heterocycles. The first-order valence-corrected chi connectivity index (χ1v) is 7.95. The molecule has 0 bridgehead atoms. The Kier molecular flexibility index (Phi) is 5.24. The number of piperazine rings is 1. The van der Waals surface area contributed by atoms with Crippen LogP contribution in [0.3, 0.4) is 0 Å². The van der Waals surface area contributed by atoms with Crippen LogP contribution < -0.4 is 11.1 Å². The van der Waals surface area contributed by atoms with E-state index in [4.69, 9.17) is 5.73 Å². The van der Waals surface area contributed by atoms with Crippen molar-refractivity contribution >= 4 is 33.2 Å². The molecule has 1 saturated heterocycles. The molecule has 116 valence electrons. The highest BCUT2D eigenvalue weighted by molar-refractivity contribution is 9.10. The van der Waals surface area contributed by atoms with Gasteiger partial charge in [0.2, 0.25) is 5.91 Å². The van der Waals surface area contributed by atoms with Crippen molar-refractivity contribution in [3.05, 3.63) is 22.7 Å². The van der Waals surface area contributed by atoms with Crippen LogP contribution in [0.25, 0.3) is 0 Å². The second-order valence-electron chi connectivity index (χ2n) is 5.85. The summed E-state index contributed by atoms with van der Waals surface area (Å²) in [7, 11) is 2.14. The zero-order chi connectivity index (χ0) is 15.6. The van der Waals surface area contributed by atoms with E-state index in [-0.39, 0.29) is 5.91 Å². The second kappa shape index (κ2) is 6.77. The van der Waals surface area contributed by atoms with E-state index in [0.717, 1.165) is 23.2 Å². The molecule has 2 atom stereocenters. The fourth-order valence-corrected chi connectivity index (χ4v) is 3.16. The molecule has 21 heavy (non-hydrogen) atoms. The van der Waals surface area contributed by atoms with Crippen molar-refractivity contribution in [1.29, 1.82) is 0 Å². The number of halogens is 1. The van der Waals surface area contributed by atoms with Gasteiger partial charge in [-0.25, -0.2) is 0 Å². The molecule has 0 spiro atoms. The number of nitrogens with one attached hydrogen (secondary N) is 1. The van der Waals surface area contributed by atoms with Gasteiger partial charge in [0.25, 0.3) is 0 Å². The van der Waals surface area contributed by atoms with Crippen molar-refractivity contribution in [2.24, 2.45) is 0 Å². The second-order valence-corrected chi connectivity index (χ2v) is 6.70. The van der Waals surface area contributed by atoms with Gasteiger partial charge in [0, 0.05) is 35.3 Å². The van der Waals surface area contributed by atoms with Gasteiger partial charge < -0.3 is 11.1 Å². The fraction of sp³-hybridized carbons (Fsp3) is 0.533. The molecule has 1 aromatic carbocycles. The number of rotatable bonds is 3. The van der Waals surface area contributed by atoms with Gasteiger partial charge in [0.1, 0.15) is 0 Å². The zero-order valence-corrected chi connectivity index (χ0v) is 14.4. The van der Waals surface area contributed by atoms with E-state index < -0.39 is 0 Å². The quantitative estimate of drug-likeness (QED) is 0.815. The van der Waals surface area contributed by atoms with Gasteiger partial charge in [-0.3, -0.25) is 14.6 Å². The maximum atomic E-state index is 12.2. The lowest BCUT2D eigenvalue weighted by molar-refractivity contribution is -0.118. The molecule has 1 heterocycles. The van der Waals surface area contributed by atoms with Crippen molar-refractivity contribution in [2.45, 2.75) is 25.9 Å². The molecular formula is C15H23BrN4O. The van der Waals surface area contributed by atoms with Crippen LogP contribution in [-0.4, -0.2) is 54.5 Å². The third kappa shape index (κ3) is 4.18. The standard InChI is InChI=1S/C15H23BrN4O/c1-10-7-20(8-11(2)19(10)3)9-15(21)18-14-5-4-12(17)6-13(14)16/h4-6,10-11H,7-9,17H2,1-3H3,(H,18,21). The smallest absolute Gasteiger partial charge is 0.238 e. The number of amides is 1. The topological polar surface area (TPSA) is 61.6 Å². The Bertz CT molecular complexity index is 510. The van der Waals surface area contributed by atoms with Crippen LogP contribution in [-0.2, 0) is 4.79 Å². The highest BCUT2D eigenvalue weighted by atomic mass is 79.9. The number of carbonyl (C=O) groups is 1. The summed E-state index contributed by atoms with van der Waals surface area (Å²) < 4.78 is 0.802. The number of nitrogen functional groups attached to an aromatic ring is 1. The number of hydrogen-bond acceptors (Lipinski definition) is 4. The minimum absolute atomic E-state index is 0.00410. The predicted molar refractivity (Wildman–Crippen MR) is 90.3 cm³/mol. The van der Waals surface area contributed by atoms with E-state index in [0.29, 0.717) is 24.3 Å². The summed E-state index contributed by atoms with van der Waals surface area (Å²) in [4.78, 5) is 16.8. The molecule has 1 aromatic rings. The van der Waals surface area contributed by atoms with Gasteiger partial charge in [-0.15, -0.1) is 0 Å². The molecule has 2 rings (SSSR count). The van der Waals surface area contributed by atoms with Crippen molar-refractivity contribution in [1.82, 2.24) is 9.80 Å². The number of likely N-dealkylation sites (N-methyl/N-ethyl adjacent to an activating group) is 1. The van der Waals surface area contributed by atoms with Gasteiger partial charge in [-0.2, -0.15) is 0 Å².